The highest BCUT2D eigenvalue weighted by Crippen LogP contribution is 2.33. The Morgan fingerprint density at radius 1 is 1.35 bits per heavy atom. The van der Waals surface area contributed by atoms with Gasteiger partial charge in [-0.2, -0.15) is 0 Å². The lowest BCUT2D eigenvalue weighted by Gasteiger charge is -2.20. The highest BCUT2D eigenvalue weighted by Gasteiger charge is 2.18. The SMILES string of the molecule is CCCNC(c1ccc(Cl)c(OC)c1)c1sccc1C. The number of benzene rings is 1. The average molecular weight is 310 g/mol. The lowest BCUT2D eigenvalue weighted by Crippen LogP contribution is -2.23. The van der Waals surface area contributed by atoms with Crippen LogP contribution >= 0.6 is 22.9 Å². The van der Waals surface area contributed by atoms with Crippen molar-refractivity contribution in [1.29, 1.82) is 0 Å². The fourth-order valence-electron chi connectivity index (χ4n) is 2.19. The van der Waals surface area contributed by atoms with E-state index in [-0.39, 0.29) is 6.04 Å². The number of nitrogens with one attached hydrogen (secondary N) is 1. The monoisotopic (exact) mass is 309 g/mol. The Kier molecular flexibility index (Phi) is 5.46. The lowest BCUT2D eigenvalue weighted by atomic mass is 10.0. The summed E-state index contributed by atoms with van der Waals surface area (Å²) in [6, 6.07) is 8.35. The first kappa shape index (κ1) is 15.4. The van der Waals surface area contributed by atoms with Crippen LogP contribution in [-0.2, 0) is 0 Å². The first-order chi connectivity index (χ1) is 9.67. The van der Waals surface area contributed by atoms with Crippen LogP contribution in [0.2, 0.25) is 5.02 Å². The highest BCUT2D eigenvalue weighted by molar-refractivity contribution is 7.10. The molecule has 0 saturated heterocycles. The molecule has 2 aromatic rings. The van der Waals surface area contributed by atoms with Crippen molar-refractivity contribution in [1.82, 2.24) is 5.32 Å². The molecule has 0 radical (unpaired) electrons. The van der Waals surface area contributed by atoms with E-state index < -0.39 is 0 Å². The van der Waals surface area contributed by atoms with Crippen LogP contribution in [-0.4, -0.2) is 13.7 Å². The van der Waals surface area contributed by atoms with Crippen molar-refractivity contribution in [2.24, 2.45) is 0 Å². The third-order valence-corrected chi connectivity index (χ3v) is 4.67. The number of hydrogen-bond acceptors (Lipinski definition) is 3. The van der Waals surface area contributed by atoms with Gasteiger partial charge in [0.2, 0.25) is 0 Å². The van der Waals surface area contributed by atoms with Gasteiger partial charge in [0.05, 0.1) is 18.2 Å². The van der Waals surface area contributed by atoms with E-state index in [1.54, 1.807) is 18.4 Å². The lowest BCUT2D eigenvalue weighted by molar-refractivity contribution is 0.414. The van der Waals surface area contributed by atoms with Crippen molar-refractivity contribution in [2.75, 3.05) is 13.7 Å². The van der Waals surface area contributed by atoms with Gasteiger partial charge in [0.25, 0.3) is 0 Å². The molecule has 2 nitrogen and oxygen atoms in total. The molecule has 108 valence electrons. The number of rotatable bonds is 6. The molecule has 0 aliphatic heterocycles. The summed E-state index contributed by atoms with van der Waals surface area (Å²) in [5.74, 6) is 0.724. The van der Waals surface area contributed by atoms with E-state index in [0.717, 1.165) is 18.7 Å². The fourth-order valence-corrected chi connectivity index (χ4v) is 3.41. The average Bonchev–Trinajstić information content (AvgIpc) is 2.87. The minimum atomic E-state index is 0.195. The van der Waals surface area contributed by atoms with Crippen molar-refractivity contribution in [3.63, 3.8) is 0 Å². The summed E-state index contributed by atoms with van der Waals surface area (Å²) in [6.45, 7) is 5.31. The second-order valence-electron chi connectivity index (χ2n) is 4.75. The summed E-state index contributed by atoms with van der Waals surface area (Å²) in [7, 11) is 1.65. The number of hydrogen-bond donors (Lipinski definition) is 1. The van der Waals surface area contributed by atoms with Gasteiger partial charge < -0.3 is 10.1 Å². The second-order valence-corrected chi connectivity index (χ2v) is 6.10. The van der Waals surface area contributed by atoms with Crippen LogP contribution in [0.3, 0.4) is 0 Å². The Hall–Kier alpha value is -1.03. The van der Waals surface area contributed by atoms with E-state index in [0.29, 0.717) is 5.02 Å². The van der Waals surface area contributed by atoms with Crippen molar-refractivity contribution >= 4 is 22.9 Å². The topological polar surface area (TPSA) is 21.3 Å². The molecule has 1 aromatic heterocycles. The molecule has 0 amide bonds. The molecular weight excluding hydrogens is 290 g/mol. The van der Waals surface area contributed by atoms with Crippen molar-refractivity contribution in [3.8, 4) is 5.75 Å². The second kappa shape index (κ2) is 7.11. The maximum Gasteiger partial charge on any atom is 0.137 e. The molecular formula is C16H20ClNOS. The summed E-state index contributed by atoms with van der Waals surface area (Å²) in [6.07, 6.45) is 1.10. The molecule has 4 heteroatoms. The number of ether oxygens (including phenoxy) is 1. The van der Waals surface area contributed by atoms with Gasteiger partial charge in [0, 0.05) is 4.88 Å². The molecule has 0 bridgehead atoms. The van der Waals surface area contributed by atoms with E-state index in [2.05, 4.69) is 36.7 Å². The Morgan fingerprint density at radius 2 is 2.15 bits per heavy atom. The highest BCUT2D eigenvalue weighted by atomic mass is 35.5. The minimum Gasteiger partial charge on any atom is -0.495 e. The van der Waals surface area contributed by atoms with Gasteiger partial charge in [-0.3, -0.25) is 0 Å². The maximum absolute atomic E-state index is 6.12. The van der Waals surface area contributed by atoms with Crippen LogP contribution < -0.4 is 10.1 Å². The van der Waals surface area contributed by atoms with Gasteiger partial charge in [-0.25, -0.2) is 0 Å². The van der Waals surface area contributed by atoms with Crippen LogP contribution in [0.4, 0.5) is 0 Å². The number of halogens is 1. The zero-order valence-corrected chi connectivity index (χ0v) is 13.6. The summed E-state index contributed by atoms with van der Waals surface area (Å²) in [5, 5.41) is 6.40. The molecule has 1 aromatic carbocycles. The predicted octanol–water partition coefficient (Wildman–Crippen LogP) is 4.81. The molecule has 1 heterocycles. The number of methoxy groups -OCH3 is 1. The van der Waals surface area contributed by atoms with Crippen LogP contribution in [0.1, 0.15) is 35.4 Å². The quantitative estimate of drug-likeness (QED) is 0.827. The smallest absolute Gasteiger partial charge is 0.137 e. The van der Waals surface area contributed by atoms with Crippen LogP contribution in [0.15, 0.2) is 29.6 Å². The molecule has 2 rings (SSSR count). The third kappa shape index (κ3) is 3.35. The third-order valence-electron chi connectivity index (χ3n) is 3.27. The van der Waals surface area contributed by atoms with Gasteiger partial charge in [0.15, 0.2) is 0 Å². The van der Waals surface area contributed by atoms with Gasteiger partial charge in [-0.1, -0.05) is 24.6 Å². The Labute approximate surface area is 129 Å². The molecule has 1 atom stereocenters. The van der Waals surface area contributed by atoms with E-state index >= 15 is 0 Å². The van der Waals surface area contributed by atoms with E-state index in [9.17, 15) is 0 Å². The Balaban J connectivity index is 2.38. The summed E-state index contributed by atoms with van der Waals surface area (Å²) in [4.78, 5) is 1.35. The number of thiophene rings is 1. The maximum atomic E-state index is 6.12. The van der Waals surface area contributed by atoms with Crippen molar-refractivity contribution in [2.45, 2.75) is 26.3 Å². The van der Waals surface area contributed by atoms with Crippen LogP contribution in [0, 0.1) is 6.92 Å². The molecule has 0 fully saturated rings. The normalized spacial score (nSPS) is 12.4. The first-order valence-corrected chi connectivity index (χ1v) is 8.04. The first-order valence-electron chi connectivity index (χ1n) is 6.78. The number of aryl methyl sites for hydroxylation is 1. The molecule has 0 saturated carbocycles. The van der Waals surface area contributed by atoms with E-state index in [1.807, 2.05) is 12.1 Å². The largest absolute Gasteiger partial charge is 0.495 e. The zero-order chi connectivity index (χ0) is 14.5. The van der Waals surface area contributed by atoms with Gasteiger partial charge in [-0.15, -0.1) is 11.3 Å². The van der Waals surface area contributed by atoms with E-state index in [4.69, 9.17) is 16.3 Å². The minimum absolute atomic E-state index is 0.195. The van der Waals surface area contributed by atoms with Gasteiger partial charge >= 0.3 is 0 Å². The van der Waals surface area contributed by atoms with Crippen LogP contribution in [0.5, 0.6) is 5.75 Å². The Bertz CT molecular complexity index is 567. The summed E-state index contributed by atoms with van der Waals surface area (Å²) in [5.41, 5.74) is 2.50. The zero-order valence-electron chi connectivity index (χ0n) is 12.1. The van der Waals surface area contributed by atoms with Crippen molar-refractivity contribution in [3.05, 3.63) is 50.7 Å². The summed E-state index contributed by atoms with van der Waals surface area (Å²) >= 11 is 7.90. The molecule has 0 spiro atoms. The summed E-state index contributed by atoms with van der Waals surface area (Å²) < 4.78 is 5.33. The molecule has 0 aliphatic rings. The van der Waals surface area contributed by atoms with Crippen molar-refractivity contribution < 1.29 is 4.74 Å². The molecule has 20 heavy (non-hydrogen) atoms. The van der Waals surface area contributed by atoms with Crippen LogP contribution in [0.25, 0.3) is 0 Å². The van der Waals surface area contributed by atoms with E-state index in [1.165, 1.54) is 16.0 Å². The standard InChI is InChI=1S/C16H20ClNOS/c1-4-8-18-15(16-11(2)7-9-20-16)12-5-6-13(17)14(10-12)19-3/h5-7,9-10,15,18H,4,8H2,1-3H3. The molecule has 1 N–H and O–H groups in total. The molecule has 0 aliphatic carbocycles. The van der Waals surface area contributed by atoms with Gasteiger partial charge in [-0.05, 0) is 54.6 Å². The van der Waals surface area contributed by atoms with Gasteiger partial charge in [0.1, 0.15) is 5.75 Å². The Morgan fingerprint density at radius 3 is 2.75 bits per heavy atom. The molecule has 1 unspecified atom stereocenters. The fraction of sp³-hybridized carbons (Fsp3) is 0.375. The predicted molar refractivity (Wildman–Crippen MR) is 87.2 cm³/mol.